The first-order valence-corrected chi connectivity index (χ1v) is 8.93. The normalized spacial score (nSPS) is 26.4. The number of aliphatic hydroxyl groups excluding tert-OH is 1. The number of hydrogen-bond donors (Lipinski definition) is 3. The molecule has 0 aliphatic heterocycles. The van der Waals surface area contributed by atoms with Crippen molar-refractivity contribution in [2.75, 3.05) is 13.2 Å². The van der Waals surface area contributed by atoms with Gasteiger partial charge in [-0.05, 0) is 55.6 Å². The Balaban J connectivity index is 1.53. The number of amides is 2. The highest BCUT2D eigenvalue weighted by atomic mass is 16.3. The molecule has 0 saturated heterocycles. The Hall–Kier alpha value is -1.55. The number of fused-ring (bicyclic) bond motifs is 2. The van der Waals surface area contributed by atoms with Crippen molar-refractivity contribution in [1.29, 1.82) is 0 Å². The van der Waals surface area contributed by atoms with Gasteiger partial charge in [0.25, 0.3) is 0 Å². The van der Waals surface area contributed by atoms with Crippen LogP contribution in [0.5, 0.6) is 0 Å². The molecule has 1 spiro atoms. The molecule has 1 aromatic rings. The predicted octanol–water partition coefficient (Wildman–Crippen LogP) is 2.74. The minimum atomic E-state index is -0.101. The number of rotatable bonds is 6. The van der Waals surface area contributed by atoms with Gasteiger partial charge in [0.05, 0.1) is 0 Å². The van der Waals surface area contributed by atoms with Crippen LogP contribution in [0.25, 0.3) is 0 Å². The molecule has 23 heavy (non-hydrogen) atoms. The van der Waals surface area contributed by atoms with Crippen LogP contribution in [-0.2, 0) is 11.8 Å². The van der Waals surface area contributed by atoms with E-state index in [0.29, 0.717) is 17.8 Å². The van der Waals surface area contributed by atoms with Crippen molar-refractivity contribution in [3.05, 3.63) is 35.4 Å². The van der Waals surface area contributed by atoms with E-state index in [2.05, 4.69) is 34.9 Å². The fraction of sp³-hybridized carbons (Fsp3) is 0.632. The Labute approximate surface area is 138 Å². The molecule has 2 aliphatic rings. The second kappa shape index (κ2) is 6.91. The topological polar surface area (TPSA) is 61.4 Å². The lowest BCUT2D eigenvalue weighted by molar-refractivity contribution is 0.227. The summed E-state index contributed by atoms with van der Waals surface area (Å²) in [4.78, 5) is 12.0. The van der Waals surface area contributed by atoms with Gasteiger partial charge >= 0.3 is 6.03 Å². The Morgan fingerprint density at radius 1 is 1.43 bits per heavy atom. The lowest BCUT2D eigenvalue weighted by Gasteiger charge is -2.27. The van der Waals surface area contributed by atoms with E-state index in [0.717, 1.165) is 13.0 Å². The summed E-state index contributed by atoms with van der Waals surface area (Å²) >= 11 is 0. The van der Waals surface area contributed by atoms with Crippen LogP contribution in [0, 0.1) is 5.92 Å². The lowest BCUT2D eigenvalue weighted by atomic mass is 9.78. The molecule has 0 heterocycles. The van der Waals surface area contributed by atoms with Gasteiger partial charge in [-0.3, -0.25) is 0 Å². The molecule has 2 amide bonds. The molecule has 3 unspecified atom stereocenters. The molecule has 3 atom stereocenters. The largest absolute Gasteiger partial charge is 0.396 e. The van der Waals surface area contributed by atoms with Gasteiger partial charge in [0.1, 0.15) is 0 Å². The Morgan fingerprint density at radius 2 is 2.26 bits per heavy atom. The summed E-state index contributed by atoms with van der Waals surface area (Å²) in [6, 6.07) is 8.77. The predicted molar refractivity (Wildman–Crippen MR) is 91.5 cm³/mol. The SMILES string of the molecule is CCC(CCO)NC(=O)NCC1CC12CCCc1ccccc12. The molecular formula is C19H28N2O2. The van der Waals surface area contributed by atoms with Crippen molar-refractivity contribution in [2.45, 2.75) is 56.9 Å². The number of carbonyl (C=O) groups excluding carboxylic acids is 1. The first-order chi connectivity index (χ1) is 11.2. The zero-order valence-electron chi connectivity index (χ0n) is 14.0. The fourth-order valence-corrected chi connectivity index (χ4v) is 4.22. The number of carbonyl (C=O) groups is 1. The number of hydrogen-bond acceptors (Lipinski definition) is 2. The molecule has 1 saturated carbocycles. The molecule has 0 aromatic heterocycles. The van der Waals surface area contributed by atoms with E-state index in [1.165, 1.54) is 36.8 Å². The molecule has 3 N–H and O–H groups in total. The minimum Gasteiger partial charge on any atom is -0.396 e. The molecule has 4 heteroatoms. The van der Waals surface area contributed by atoms with Gasteiger partial charge in [0, 0.05) is 24.6 Å². The van der Waals surface area contributed by atoms with E-state index < -0.39 is 0 Å². The standard InChI is InChI=1S/C19H28N2O2/c1-2-16(9-11-22)21-18(23)20-13-15-12-19(15)10-5-7-14-6-3-4-8-17(14)19/h3-4,6,8,15-16,22H,2,5,7,9-13H2,1H3,(H2,20,21,23). The smallest absolute Gasteiger partial charge is 0.315 e. The Morgan fingerprint density at radius 3 is 3.04 bits per heavy atom. The lowest BCUT2D eigenvalue weighted by Crippen LogP contribution is -2.43. The number of aryl methyl sites for hydroxylation is 1. The van der Waals surface area contributed by atoms with Crippen molar-refractivity contribution >= 4 is 6.03 Å². The van der Waals surface area contributed by atoms with E-state index >= 15 is 0 Å². The number of nitrogens with one attached hydrogen (secondary N) is 2. The van der Waals surface area contributed by atoms with Crippen molar-refractivity contribution in [1.82, 2.24) is 10.6 Å². The summed E-state index contributed by atoms with van der Waals surface area (Å²) in [5.41, 5.74) is 3.34. The maximum absolute atomic E-state index is 12.0. The van der Waals surface area contributed by atoms with E-state index in [4.69, 9.17) is 5.11 Å². The molecule has 0 radical (unpaired) electrons. The second-order valence-electron chi connectivity index (χ2n) is 7.04. The van der Waals surface area contributed by atoms with Gasteiger partial charge in [0.2, 0.25) is 0 Å². The van der Waals surface area contributed by atoms with Crippen LogP contribution < -0.4 is 10.6 Å². The molecule has 1 fully saturated rings. The molecule has 4 nitrogen and oxygen atoms in total. The summed E-state index contributed by atoms with van der Waals surface area (Å²) in [5.74, 6) is 0.563. The van der Waals surface area contributed by atoms with Crippen LogP contribution in [0.2, 0.25) is 0 Å². The zero-order chi connectivity index (χ0) is 16.3. The average Bonchev–Trinajstić information content (AvgIpc) is 3.26. The first-order valence-electron chi connectivity index (χ1n) is 8.93. The molecular weight excluding hydrogens is 288 g/mol. The fourth-order valence-electron chi connectivity index (χ4n) is 4.22. The third kappa shape index (κ3) is 3.37. The van der Waals surface area contributed by atoms with E-state index in [1.807, 2.05) is 6.92 Å². The number of urea groups is 1. The maximum atomic E-state index is 12.0. The van der Waals surface area contributed by atoms with Gasteiger partial charge in [0.15, 0.2) is 0 Å². The average molecular weight is 316 g/mol. The summed E-state index contributed by atoms with van der Waals surface area (Å²) in [7, 11) is 0. The molecule has 2 aliphatic carbocycles. The van der Waals surface area contributed by atoms with Crippen LogP contribution in [0.4, 0.5) is 4.79 Å². The highest BCUT2D eigenvalue weighted by molar-refractivity contribution is 5.74. The van der Waals surface area contributed by atoms with Crippen LogP contribution in [0.3, 0.4) is 0 Å². The Kier molecular flexibility index (Phi) is 4.90. The van der Waals surface area contributed by atoms with Gasteiger partial charge < -0.3 is 15.7 Å². The third-order valence-corrected chi connectivity index (χ3v) is 5.67. The van der Waals surface area contributed by atoms with Gasteiger partial charge in [-0.15, -0.1) is 0 Å². The van der Waals surface area contributed by atoms with Crippen molar-refractivity contribution in [2.24, 2.45) is 5.92 Å². The van der Waals surface area contributed by atoms with Crippen molar-refractivity contribution < 1.29 is 9.90 Å². The number of aliphatic hydroxyl groups is 1. The van der Waals surface area contributed by atoms with E-state index in [9.17, 15) is 4.79 Å². The molecule has 3 rings (SSSR count). The van der Waals surface area contributed by atoms with Crippen LogP contribution in [0.1, 0.15) is 50.2 Å². The first kappa shape index (κ1) is 16.3. The Bertz CT molecular complexity index is 560. The van der Waals surface area contributed by atoms with Crippen molar-refractivity contribution in [3.63, 3.8) is 0 Å². The molecule has 126 valence electrons. The third-order valence-electron chi connectivity index (χ3n) is 5.67. The summed E-state index contributed by atoms with van der Waals surface area (Å²) in [6.45, 7) is 2.88. The molecule has 1 aromatic carbocycles. The van der Waals surface area contributed by atoms with Crippen LogP contribution in [-0.4, -0.2) is 30.3 Å². The molecule has 0 bridgehead atoms. The zero-order valence-corrected chi connectivity index (χ0v) is 14.0. The van der Waals surface area contributed by atoms with Crippen molar-refractivity contribution in [3.8, 4) is 0 Å². The maximum Gasteiger partial charge on any atom is 0.315 e. The summed E-state index contributed by atoms with van der Waals surface area (Å²) < 4.78 is 0. The van der Waals surface area contributed by atoms with E-state index in [1.54, 1.807) is 0 Å². The highest BCUT2D eigenvalue weighted by Crippen LogP contribution is 2.59. The van der Waals surface area contributed by atoms with Crippen LogP contribution in [0.15, 0.2) is 24.3 Å². The van der Waals surface area contributed by atoms with Crippen LogP contribution >= 0.6 is 0 Å². The van der Waals surface area contributed by atoms with Gasteiger partial charge in [-0.25, -0.2) is 4.79 Å². The van der Waals surface area contributed by atoms with Gasteiger partial charge in [-0.2, -0.15) is 0 Å². The second-order valence-corrected chi connectivity index (χ2v) is 7.04. The number of benzene rings is 1. The van der Waals surface area contributed by atoms with Gasteiger partial charge in [-0.1, -0.05) is 31.2 Å². The minimum absolute atomic E-state index is 0.0589. The summed E-state index contributed by atoms with van der Waals surface area (Å²) in [5, 5.41) is 15.0. The monoisotopic (exact) mass is 316 g/mol. The van der Waals surface area contributed by atoms with E-state index in [-0.39, 0.29) is 18.7 Å². The quantitative estimate of drug-likeness (QED) is 0.756. The highest BCUT2D eigenvalue weighted by Gasteiger charge is 2.56. The summed E-state index contributed by atoms with van der Waals surface area (Å²) in [6.07, 6.45) is 6.35.